The zero-order chi connectivity index (χ0) is 22.3. The van der Waals surface area contributed by atoms with Gasteiger partial charge in [-0.25, -0.2) is 0 Å². The first kappa shape index (κ1) is 21.7. The van der Waals surface area contributed by atoms with Crippen LogP contribution >= 0.6 is 0 Å². The SMILES string of the molecule is Cc1ccc(OCCn2cc(/C=C(\C#N)C(=O)NC[C@@H]3CCCO3)c3ccccc32)cc1. The van der Waals surface area contributed by atoms with E-state index < -0.39 is 0 Å². The third-order valence-electron chi connectivity index (χ3n) is 5.62. The number of benzene rings is 2. The molecule has 1 aliphatic rings. The van der Waals surface area contributed by atoms with Gasteiger partial charge in [-0.05, 0) is 44.0 Å². The van der Waals surface area contributed by atoms with Crippen molar-refractivity contribution < 1.29 is 14.3 Å². The number of hydrogen-bond acceptors (Lipinski definition) is 4. The van der Waals surface area contributed by atoms with Crippen LogP contribution in [0.3, 0.4) is 0 Å². The van der Waals surface area contributed by atoms with Crippen molar-refractivity contribution in [1.29, 1.82) is 5.26 Å². The summed E-state index contributed by atoms with van der Waals surface area (Å²) < 4.78 is 13.5. The van der Waals surface area contributed by atoms with Gasteiger partial charge in [-0.2, -0.15) is 5.26 Å². The van der Waals surface area contributed by atoms with Crippen molar-refractivity contribution in [3.05, 3.63) is 71.4 Å². The number of amides is 1. The first-order valence-electron chi connectivity index (χ1n) is 10.9. The van der Waals surface area contributed by atoms with Crippen molar-refractivity contribution in [2.75, 3.05) is 19.8 Å². The highest BCUT2D eigenvalue weighted by molar-refractivity contribution is 6.04. The van der Waals surface area contributed by atoms with Crippen molar-refractivity contribution in [2.24, 2.45) is 0 Å². The average molecular weight is 430 g/mol. The van der Waals surface area contributed by atoms with Crippen LogP contribution in [0.5, 0.6) is 5.75 Å². The van der Waals surface area contributed by atoms with Gasteiger partial charge in [0, 0.05) is 35.8 Å². The number of carbonyl (C=O) groups excluding carboxylic acids is 1. The summed E-state index contributed by atoms with van der Waals surface area (Å²) >= 11 is 0. The molecule has 2 aromatic carbocycles. The van der Waals surface area contributed by atoms with Crippen LogP contribution in [0.1, 0.15) is 24.0 Å². The molecular formula is C26H27N3O3. The zero-order valence-electron chi connectivity index (χ0n) is 18.2. The maximum absolute atomic E-state index is 12.5. The Bertz CT molecular complexity index is 1150. The molecule has 1 amide bonds. The lowest BCUT2D eigenvalue weighted by Gasteiger charge is -2.10. The van der Waals surface area contributed by atoms with E-state index in [4.69, 9.17) is 9.47 Å². The summed E-state index contributed by atoms with van der Waals surface area (Å²) in [7, 11) is 0. The Morgan fingerprint density at radius 1 is 1.28 bits per heavy atom. The zero-order valence-corrected chi connectivity index (χ0v) is 18.2. The fraction of sp³-hybridized carbons (Fsp3) is 0.308. The molecule has 6 nitrogen and oxygen atoms in total. The van der Waals surface area contributed by atoms with Gasteiger partial charge in [-0.3, -0.25) is 4.79 Å². The minimum atomic E-state index is -0.373. The summed E-state index contributed by atoms with van der Waals surface area (Å²) in [6.45, 7) is 4.36. The number of nitrogens with zero attached hydrogens (tertiary/aromatic N) is 2. The van der Waals surface area contributed by atoms with E-state index in [-0.39, 0.29) is 17.6 Å². The van der Waals surface area contributed by atoms with E-state index >= 15 is 0 Å². The lowest BCUT2D eigenvalue weighted by atomic mass is 10.1. The van der Waals surface area contributed by atoms with Gasteiger partial charge in [0.1, 0.15) is 24.0 Å². The molecular weight excluding hydrogens is 402 g/mol. The predicted molar refractivity (Wildman–Crippen MR) is 124 cm³/mol. The quantitative estimate of drug-likeness (QED) is 0.429. The standard InChI is InChI=1S/C26H27N3O3/c1-19-8-10-22(11-9-19)32-14-12-29-18-21(24-6-2-3-7-25(24)29)15-20(16-27)26(30)28-17-23-5-4-13-31-23/h2-3,6-11,15,18,23H,4-5,12-14,17H2,1H3,(H,28,30)/b20-15+/t23-/m0/s1. The fourth-order valence-corrected chi connectivity index (χ4v) is 3.88. The Kier molecular flexibility index (Phi) is 6.88. The number of aryl methyl sites for hydroxylation is 1. The van der Waals surface area contributed by atoms with Crippen molar-refractivity contribution in [3.8, 4) is 11.8 Å². The molecule has 1 N–H and O–H groups in total. The second kappa shape index (κ2) is 10.2. The normalized spacial score (nSPS) is 16.1. The average Bonchev–Trinajstić information content (AvgIpc) is 3.45. The number of hydrogen-bond donors (Lipinski definition) is 1. The first-order chi connectivity index (χ1) is 15.6. The molecule has 0 aliphatic carbocycles. The molecule has 1 aromatic heterocycles. The third-order valence-corrected chi connectivity index (χ3v) is 5.62. The minimum Gasteiger partial charge on any atom is -0.492 e. The molecule has 4 rings (SSSR count). The molecule has 2 heterocycles. The Hall–Kier alpha value is -3.56. The summed E-state index contributed by atoms with van der Waals surface area (Å²) in [6, 6.07) is 18.0. The Morgan fingerprint density at radius 3 is 2.84 bits per heavy atom. The van der Waals surface area contributed by atoms with E-state index in [0.717, 1.165) is 41.7 Å². The number of fused-ring (bicyclic) bond motifs is 1. The molecule has 164 valence electrons. The van der Waals surface area contributed by atoms with Crippen LogP contribution in [-0.2, 0) is 16.1 Å². The second-order valence-electron chi connectivity index (χ2n) is 7.97. The van der Waals surface area contributed by atoms with Crippen LogP contribution in [0.15, 0.2) is 60.3 Å². The van der Waals surface area contributed by atoms with Crippen LogP contribution in [0.25, 0.3) is 17.0 Å². The summed E-state index contributed by atoms with van der Waals surface area (Å²) in [6.07, 6.45) is 5.60. The summed E-state index contributed by atoms with van der Waals surface area (Å²) in [5, 5.41) is 13.4. The molecule has 1 fully saturated rings. The van der Waals surface area contributed by atoms with E-state index in [1.54, 1.807) is 6.08 Å². The smallest absolute Gasteiger partial charge is 0.262 e. The van der Waals surface area contributed by atoms with Gasteiger partial charge in [0.25, 0.3) is 5.91 Å². The maximum Gasteiger partial charge on any atom is 0.262 e. The van der Waals surface area contributed by atoms with Gasteiger partial charge in [0.05, 0.1) is 12.6 Å². The molecule has 1 aliphatic heterocycles. The molecule has 0 bridgehead atoms. The van der Waals surface area contributed by atoms with Crippen LogP contribution in [0.2, 0.25) is 0 Å². The summed E-state index contributed by atoms with van der Waals surface area (Å²) in [5.41, 5.74) is 3.14. The predicted octanol–water partition coefficient (Wildman–Crippen LogP) is 4.23. The summed E-state index contributed by atoms with van der Waals surface area (Å²) in [5.74, 6) is 0.462. The first-order valence-corrected chi connectivity index (χ1v) is 10.9. The Labute approximate surface area is 188 Å². The molecule has 6 heteroatoms. The largest absolute Gasteiger partial charge is 0.492 e. The molecule has 1 atom stereocenters. The van der Waals surface area contributed by atoms with Crippen LogP contribution < -0.4 is 10.1 Å². The Morgan fingerprint density at radius 2 is 2.09 bits per heavy atom. The van der Waals surface area contributed by atoms with Crippen LogP contribution in [-0.4, -0.2) is 36.3 Å². The molecule has 3 aromatic rings. The van der Waals surface area contributed by atoms with Crippen molar-refractivity contribution in [3.63, 3.8) is 0 Å². The molecule has 1 saturated heterocycles. The number of carbonyl (C=O) groups is 1. The molecule has 0 unspecified atom stereocenters. The van der Waals surface area contributed by atoms with Crippen LogP contribution in [0, 0.1) is 18.3 Å². The highest BCUT2D eigenvalue weighted by Gasteiger charge is 2.18. The topological polar surface area (TPSA) is 76.3 Å². The molecule has 0 spiro atoms. The summed E-state index contributed by atoms with van der Waals surface area (Å²) in [4.78, 5) is 12.5. The van der Waals surface area contributed by atoms with E-state index in [1.165, 1.54) is 5.56 Å². The number of nitriles is 1. The van der Waals surface area contributed by atoms with E-state index in [2.05, 4.69) is 9.88 Å². The molecule has 0 saturated carbocycles. The fourth-order valence-electron chi connectivity index (χ4n) is 3.88. The monoisotopic (exact) mass is 429 g/mol. The van der Waals surface area contributed by atoms with E-state index in [0.29, 0.717) is 19.7 Å². The maximum atomic E-state index is 12.5. The van der Waals surface area contributed by atoms with Gasteiger partial charge >= 0.3 is 0 Å². The lowest BCUT2D eigenvalue weighted by molar-refractivity contribution is -0.117. The Balaban J connectivity index is 1.48. The lowest BCUT2D eigenvalue weighted by Crippen LogP contribution is -2.32. The van der Waals surface area contributed by atoms with Crippen molar-refractivity contribution in [2.45, 2.75) is 32.4 Å². The number of aromatic nitrogens is 1. The van der Waals surface area contributed by atoms with E-state index in [9.17, 15) is 10.1 Å². The van der Waals surface area contributed by atoms with Gasteiger partial charge in [-0.1, -0.05) is 35.9 Å². The molecule has 0 radical (unpaired) electrons. The van der Waals surface area contributed by atoms with Crippen molar-refractivity contribution in [1.82, 2.24) is 9.88 Å². The van der Waals surface area contributed by atoms with Gasteiger partial charge < -0.3 is 19.4 Å². The van der Waals surface area contributed by atoms with Gasteiger partial charge in [0.15, 0.2) is 0 Å². The number of rotatable bonds is 8. The molecule has 32 heavy (non-hydrogen) atoms. The third kappa shape index (κ3) is 5.19. The number of ether oxygens (including phenoxy) is 2. The highest BCUT2D eigenvalue weighted by atomic mass is 16.5. The van der Waals surface area contributed by atoms with Crippen LogP contribution in [0.4, 0.5) is 0 Å². The van der Waals surface area contributed by atoms with Crippen molar-refractivity contribution >= 4 is 22.9 Å². The number of para-hydroxylation sites is 1. The highest BCUT2D eigenvalue weighted by Crippen LogP contribution is 2.24. The van der Waals surface area contributed by atoms with E-state index in [1.807, 2.05) is 67.7 Å². The minimum absolute atomic E-state index is 0.0364. The van der Waals surface area contributed by atoms with Gasteiger partial charge in [0.2, 0.25) is 0 Å². The van der Waals surface area contributed by atoms with Gasteiger partial charge in [-0.15, -0.1) is 0 Å². The number of nitrogens with one attached hydrogen (secondary N) is 1. The second-order valence-corrected chi connectivity index (χ2v) is 7.97.